The lowest BCUT2D eigenvalue weighted by atomic mass is 9.96. The highest BCUT2D eigenvalue weighted by Gasteiger charge is 2.26. The molecule has 1 aliphatic carbocycles. The van der Waals surface area contributed by atoms with E-state index in [0.29, 0.717) is 18.1 Å². The Balaban J connectivity index is 1.94. The van der Waals surface area contributed by atoms with Crippen LogP contribution in [0.4, 0.5) is 5.82 Å². The van der Waals surface area contributed by atoms with Crippen LogP contribution in [0.1, 0.15) is 44.1 Å². The summed E-state index contributed by atoms with van der Waals surface area (Å²) in [6.07, 6.45) is 9.66. The summed E-state index contributed by atoms with van der Waals surface area (Å²) in [4.78, 5) is 22.9. The molecule has 0 saturated carbocycles. The lowest BCUT2D eigenvalue weighted by Crippen LogP contribution is -2.39. The minimum atomic E-state index is -0.809. The van der Waals surface area contributed by atoms with Gasteiger partial charge in [-0.1, -0.05) is 0 Å². The number of thiophene rings is 1. The first-order valence-corrected chi connectivity index (χ1v) is 10.3. The molecule has 1 N–H and O–H groups in total. The Hall–Kier alpha value is -2.12. The quantitative estimate of drug-likeness (QED) is 0.725. The molecular weight excluding hydrogens is 358 g/mol. The van der Waals surface area contributed by atoms with Gasteiger partial charge in [-0.15, -0.1) is 11.3 Å². The van der Waals surface area contributed by atoms with Gasteiger partial charge in [-0.05, 0) is 52.0 Å². The summed E-state index contributed by atoms with van der Waals surface area (Å²) in [5.74, 6) is 1.50. The van der Waals surface area contributed by atoms with Crippen LogP contribution in [-0.2, 0) is 12.8 Å². The predicted molar refractivity (Wildman–Crippen MR) is 109 cm³/mol. The van der Waals surface area contributed by atoms with Gasteiger partial charge in [-0.25, -0.2) is 15.0 Å². The van der Waals surface area contributed by atoms with Gasteiger partial charge in [0, 0.05) is 30.4 Å². The third kappa shape index (κ3) is 3.66. The fourth-order valence-corrected chi connectivity index (χ4v) is 4.96. The Morgan fingerprint density at radius 1 is 1.19 bits per heavy atom. The molecule has 3 heterocycles. The van der Waals surface area contributed by atoms with Crippen molar-refractivity contribution in [2.24, 2.45) is 0 Å². The molecule has 0 saturated heterocycles. The maximum absolute atomic E-state index is 10.4. The molecule has 0 aromatic carbocycles. The van der Waals surface area contributed by atoms with Crippen molar-refractivity contribution in [2.75, 3.05) is 18.0 Å². The molecular formula is C20H25N5OS. The zero-order valence-electron chi connectivity index (χ0n) is 16.1. The lowest BCUT2D eigenvalue weighted by molar-refractivity contribution is 0.0875. The van der Waals surface area contributed by atoms with Gasteiger partial charge in [-0.2, -0.15) is 0 Å². The molecule has 1 aliphatic rings. The Bertz CT molecular complexity index is 948. The molecule has 0 radical (unpaired) electrons. The SMILES string of the molecule is CCN(CC(C)(C)O)c1nc(-c2cnccn2)nc2sc3c(c12)CCCC3. The highest BCUT2D eigenvalue weighted by atomic mass is 32.1. The highest BCUT2D eigenvalue weighted by Crippen LogP contribution is 2.40. The molecule has 0 spiro atoms. The van der Waals surface area contributed by atoms with Crippen LogP contribution < -0.4 is 4.90 Å². The number of nitrogens with zero attached hydrogens (tertiary/aromatic N) is 5. The van der Waals surface area contributed by atoms with Crippen molar-refractivity contribution in [3.05, 3.63) is 29.0 Å². The van der Waals surface area contributed by atoms with Crippen molar-refractivity contribution in [1.29, 1.82) is 0 Å². The number of hydrogen-bond acceptors (Lipinski definition) is 7. The lowest BCUT2D eigenvalue weighted by Gasteiger charge is -2.30. The standard InChI is InChI=1S/C20H25N5OS/c1-4-25(12-20(2,3)26)18-16-13-7-5-6-8-15(13)27-19(16)24-17(23-18)14-11-21-9-10-22-14/h9-11,26H,4-8,12H2,1-3H3. The summed E-state index contributed by atoms with van der Waals surface area (Å²) >= 11 is 1.78. The molecule has 0 bridgehead atoms. The summed E-state index contributed by atoms with van der Waals surface area (Å²) in [7, 11) is 0. The van der Waals surface area contributed by atoms with Crippen molar-refractivity contribution in [1.82, 2.24) is 19.9 Å². The van der Waals surface area contributed by atoms with E-state index in [-0.39, 0.29) is 0 Å². The summed E-state index contributed by atoms with van der Waals surface area (Å²) in [5, 5.41) is 11.6. The average Bonchev–Trinajstić information content (AvgIpc) is 3.04. The van der Waals surface area contributed by atoms with Gasteiger partial charge in [0.25, 0.3) is 0 Å². The van der Waals surface area contributed by atoms with E-state index in [9.17, 15) is 5.11 Å². The molecule has 3 aromatic heterocycles. The van der Waals surface area contributed by atoms with Gasteiger partial charge in [-0.3, -0.25) is 4.98 Å². The van der Waals surface area contributed by atoms with E-state index in [0.717, 1.165) is 35.4 Å². The first-order chi connectivity index (χ1) is 13.0. The van der Waals surface area contributed by atoms with Gasteiger partial charge >= 0.3 is 0 Å². The van der Waals surface area contributed by atoms with Crippen molar-refractivity contribution in [2.45, 2.75) is 52.1 Å². The molecule has 4 rings (SSSR count). The molecule has 142 valence electrons. The van der Waals surface area contributed by atoms with Crippen molar-refractivity contribution >= 4 is 27.4 Å². The molecule has 3 aromatic rings. The van der Waals surface area contributed by atoms with E-state index >= 15 is 0 Å². The van der Waals surface area contributed by atoms with Gasteiger partial charge in [0.15, 0.2) is 5.82 Å². The van der Waals surface area contributed by atoms with Crippen molar-refractivity contribution in [3.8, 4) is 11.5 Å². The van der Waals surface area contributed by atoms with Crippen LogP contribution in [0.15, 0.2) is 18.6 Å². The molecule has 0 amide bonds. The van der Waals surface area contributed by atoms with Crippen LogP contribution in [0.25, 0.3) is 21.7 Å². The second kappa shape index (κ2) is 7.13. The first-order valence-electron chi connectivity index (χ1n) is 9.52. The maximum atomic E-state index is 10.4. The Labute approximate surface area is 163 Å². The van der Waals surface area contributed by atoms with Gasteiger partial charge < -0.3 is 10.0 Å². The first kappa shape index (κ1) is 18.3. The Morgan fingerprint density at radius 3 is 2.70 bits per heavy atom. The van der Waals surface area contributed by atoms with Gasteiger partial charge in [0.1, 0.15) is 16.3 Å². The number of aromatic nitrogens is 4. The topological polar surface area (TPSA) is 75.0 Å². The molecule has 27 heavy (non-hydrogen) atoms. The normalized spacial score (nSPS) is 14.4. The van der Waals surface area contributed by atoms with E-state index in [2.05, 4.69) is 21.8 Å². The molecule has 0 unspecified atom stereocenters. The summed E-state index contributed by atoms with van der Waals surface area (Å²) in [5.41, 5.74) is 1.26. The van der Waals surface area contributed by atoms with E-state index in [1.54, 1.807) is 29.9 Å². The number of aryl methyl sites for hydroxylation is 2. The molecule has 0 aliphatic heterocycles. The number of hydrogen-bond donors (Lipinski definition) is 1. The third-order valence-corrected chi connectivity index (χ3v) is 6.03. The van der Waals surface area contributed by atoms with Crippen molar-refractivity contribution < 1.29 is 5.11 Å². The van der Waals surface area contributed by atoms with Crippen molar-refractivity contribution in [3.63, 3.8) is 0 Å². The molecule has 0 atom stereocenters. The molecule has 0 fully saturated rings. The highest BCUT2D eigenvalue weighted by molar-refractivity contribution is 7.19. The fourth-order valence-electron chi connectivity index (χ4n) is 3.70. The van der Waals surface area contributed by atoms with Gasteiger partial charge in [0.2, 0.25) is 0 Å². The van der Waals surface area contributed by atoms with Crippen LogP contribution in [0.2, 0.25) is 0 Å². The largest absolute Gasteiger partial charge is 0.389 e. The van der Waals surface area contributed by atoms with Gasteiger partial charge in [0.05, 0.1) is 17.2 Å². The van der Waals surface area contributed by atoms with Crippen LogP contribution in [-0.4, -0.2) is 43.7 Å². The van der Waals surface area contributed by atoms with Crippen LogP contribution in [0.3, 0.4) is 0 Å². The molecule has 6 nitrogen and oxygen atoms in total. The number of anilines is 1. The number of aliphatic hydroxyl groups is 1. The van der Waals surface area contributed by atoms with E-state index in [4.69, 9.17) is 9.97 Å². The smallest absolute Gasteiger partial charge is 0.183 e. The maximum Gasteiger partial charge on any atom is 0.183 e. The van der Waals surface area contributed by atoms with Crippen LogP contribution in [0.5, 0.6) is 0 Å². The van der Waals surface area contributed by atoms with Crippen LogP contribution >= 0.6 is 11.3 Å². The summed E-state index contributed by atoms with van der Waals surface area (Å²) < 4.78 is 0. The third-order valence-electron chi connectivity index (χ3n) is 4.85. The average molecular weight is 384 g/mol. The summed E-state index contributed by atoms with van der Waals surface area (Å²) in [6.45, 7) is 7.04. The van der Waals surface area contributed by atoms with E-state index < -0.39 is 5.60 Å². The zero-order chi connectivity index (χ0) is 19.0. The molecule has 7 heteroatoms. The fraction of sp³-hybridized carbons (Fsp3) is 0.500. The zero-order valence-corrected chi connectivity index (χ0v) is 16.9. The minimum Gasteiger partial charge on any atom is -0.389 e. The van der Waals surface area contributed by atoms with E-state index in [1.807, 2.05) is 13.8 Å². The van der Waals surface area contributed by atoms with Crippen LogP contribution in [0, 0.1) is 0 Å². The summed E-state index contributed by atoms with van der Waals surface area (Å²) in [6, 6.07) is 0. The second-order valence-corrected chi connectivity index (χ2v) is 8.76. The Morgan fingerprint density at radius 2 is 2.00 bits per heavy atom. The second-order valence-electron chi connectivity index (χ2n) is 7.68. The Kier molecular flexibility index (Phi) is 4.82. The monoisotopic (exact) mass is 383 g/mol. The number of likely N-dealkylation sites (N-methyl/N-ethyl adjacent to an activating group) is 1. The predicted octanol–water partition coefficient (Wildman–Crippen LogP) is 3.62. The number of fused-ring (bicyclic) bond motifs is 3. The minimum absolute atomic E-state index is 0.514. The van der Waals surface area contributed by atoms with E-state index in [1.165, 1.54) is 23.3 Å². The number of rotatable bonds is 5.